The lowest BCUT2D eigenvalue weighted by molar-refractivity contribution is -0.125. The molecule has 1 aromatic heterocycles. The smallest absolute Gasteiger partial charge is 0.261 e. The van der Waals surface area contributed by atoms with Gasteiger partial charge in [-0.15, -0.1) is 0 Å². The van der Waals surface area contributed by atoms with E-state index in [1.54, 1.807) is 6.20 Å². The highest BCUT2D eigenvalue weighted by molar-refractivity contribution is 5.96. The molecule has 34 heavy (non-hydrogen) atoms. The minimum atomic E-state index is -0.521. The van der Waals surface area contributed by atoms with E-state index in [0.29, 0.717) is 24.3 Å². The number of nitrogens with zero attached hydrogens (tertiary/aromatic N) is 2. The summed E-state index contributed by atoms with van der Waals surface area (Å²) < 4.78 is 0. The van der Waals surface area contributed by atoms with Gasteiger partial charge in [-0.1, -0.05) is 30.6 Å². The van der Waals surface area contributed by atoms with Crippen LogP contribution < -0.4 is 5.32 Å². The summed E-state index contributed by atoms with van der Waals surface area (Å²) in [5.41, 5.74) is 3.05. The molecule has 6 nitrogen and oxygen atoms in total. The Morgan fingerprint density at radius 1 is 1.15 bits per heavy atom. The summed E-state index contributed by atoms with van der Waals surface area (Å²) in [6.07, 6.45) is 12.7. The molecule has 0 bridgehead atoms. The van der Waals surface area contributed by atoms with Crippen LogP contribution >= 0.6 is 0 Å². The molecule has 5 rings (SSSR count). The number of carbonyl (C=O) groups excluding carboxylic acids is 1. The van der Waals surface area contributed by atoms with Gasteiger partial charge in [0.05, 0.1) is 23.6 Å². The van der Waals surface area contributed by atoms with Gasteiger partial charge in [0.25, 0.3) is 5.91 Å². The van der Waals surface area contributed by atoms with Gasteiger partial charge in [0.15, 0.2) is 6.61 Å². The number of rotatable bonds is 5. The first-order valence-corrected chi connectivity index (χ1v) is 13.0. The van der Waals surface area contributed by atoms with Gasteiger partial charge in [0, 0.05) is 6.20 Å². The fourth-order valence-corrected chi connectivity index (χ4v) is 7.80. The van der Waals surface area contributed by atoms with Crippen LogP contribution in [0, 0.1) is 28.6 Å². The number of carbonyl (C=O) groups is 1. The number of allylic oxidation sites excluding steroid dienone is 2. The molecule has 0 aliphatic heterocycles. The molecule has 6 heteroatoms. The molecule has 184 valence electrons. The van der Waals surface area contributed by atoms with Crippen molar-refractivity contribution >= 4 is 11.6 Å². The summed E-state index contributed by atoms with van der Waals surface area (Å²) in [6.45, 7) is 7.20. The predicted octanol–water partition coefficient (Wildman–Crippen LogP) is 4.78. The number of pyridine rings is 1. The third-order valence-corrected chi connectivity index (χ3v) is 10.1. The topological polar surface area (TPSA) is 83.8 Å². The zero-order valence-corrected chi connectivity index (χ0v) is 20.8. The fourth-order valence-electron chi connectivity index (χ4n) is 7.80. The normalized spacial score (nSPS) is 40.1. The van der Waals surface area contributed by atoms with Crippen molar-refractivity contribution in [3.63, 3.8) is 0 Å². The maximum Gasteiger partial charge on any atom is 0.261 e. The molecule has 2 N–H and O–H groups in total. The Morgan fingerprint density at radius 3 is 2.76 bits per heavy atom. The standard InChI is InChI=1S/C28H39N3O3/c1-26-12-9-20(31-34-18-25(32)30-17-21-6-4-5-15-29-21)16-19(26)7-8-22-23(26)10-13-27(2)24(22)11-14-28(27,3)33/h4-6,15-16,22-24,33H,7-14,17-18H2,1-3H3,(H,30,32)/t22-,23+,24+,26+,27+,28+/m1/s1. The van der Waals surface area contributed by atoms with Crippen molar-refractivity contribution in [3.8, 4) is 0 Å². The summed E-state index contributed by atoms with van der Waals surface area (Å²) in [5.74, 6) is 1.86. The lowest BCUT2D eigenvalue weighted by atomic mass is 9.46. The van der Waals surface area contributed by atoms with Crippen LogP contribution in [0.2, 0.25) is 0 Å². The zero-order valence-electron chi connectivity index (χ0n) is 20.8. The minimum Gasteiger partial charge on any atom is -0.390 e. The third-order valence-electron chi connectivity index (χ3n) is 10.1. The quantitative estimate of drug-likeness (QED) is 0.613. The van der Waals surface area contributed by atoms with Crippen molar-refractivity contribution in [2.75, 3.05) is 6.61 Å². The van der Waals surface area contributed by atoms with Gasteiger partial charge < -0.3 is 15.3 Å². The van der Waals surface area contributed by atoms with Crippen molar-refractivity contribution in [2.45, 2.75) is 84.3 Å². The Morgan fingerprint density at radius 2 is 1.97 bits per heavy atom. The van der Waals surface area contributed by atoms with Gasteiger partial charge in [-0.05, 0) is 105 Å². The van der Waals surface area contributed by atoms with E-state index in [4.69, 9.17) is 4.84 Å². The van der Waals surface area contributed by atoms with Gasteiger partial charge in [0.2, 0.25) is 0 Å². The molecule has 3 fully saturated rings. The third kappa shape index (κ3) is 3.98. The van der Waals surface area contributed by atoms with Gasteiger partial charge in [-0.25, -0.2) is 0 Å². The summed E-state index contributed by atoms with van der Waals surface area (Å²) in [5, 5.41) is 18.2. The van der Waals surface area contributed by atoms with Crippen molar-refractivity contribution in [1.82, 2.24) is 10.3 Å². The number of oxime groups is 1. The molecule has 4 aliphatic carbocycles. The minimum absolute atomic E-state index is 0.0675. The van der Waals surface area contributed by atoms with E-state index in [0.717, 1.165) is 43.5 Å². The SMILES string of the molecule is C[C@]12CCC(=NOCC(=O)NCc3ccccn3)C=C1CC[C@@H]1[C@@H]2CC[C@@]2(C)[C@H]1CC[C@]2(C)O. The summed E-state index contributed by atoms with van der Waals surface area (Å²) in [6, 6.07) is 5.63. The molecule has 4 aliphatic rings. The Labute approximate surface area is 203 Å². The summed E-state index contributed by atoms with van der Waals surface area (Å²) >= 11 is 0. The first-order valence-electron chi connectivity index (χ1n) is 13.0. The van der Waals surface area contributed by atoms with Gasteiger partial charge in [0.1, 0.15) is 0 Å². The molecular weight excluding hydrogens is 426 g/mol. The first-order chi connectivity index (χ1) is 16.2. The van der Waals surface area contributed by atoms with Crippen molar-refractivity contribution < 1.29 is 14.7 Å². The average Bonchev–Trinajstić information content (AvgIpc) is 3.07. The van der Waals surface area contributed by atoms with Gasteiger partial charge in [-0.2, -0.15) is 0 Å². The Bertz CT molecular complexity index is 988. The second kappa shape index (κ2) is 8.78. The molecule has 0 unspecified atom stereocenters. The Balaban J connectivity index is 1.20. The van der Waals surface area contributed by atoms with Crippen LogP contribution in [-0.2, 0) is 16.2 Å². The Kier molecular flexibility index (Phi) is 6.07. The maximum absolute atomic E-state index is 12.1. The van der Waals surface area contributed by atoms with E-state index < -0.39 is 5.60 Å². The van der Waals surface area contributed by atoms with Crippen LogP contribution in [0.15, 0.2) is 41.2 Å². The molecule has 0 spiro atoms. The van der Waals surface area contributed by atoms with Crippen LogP contribution in [0.5, 0.6) is 0 Å². The van der Waals surface area contributed by atoms with E-state index in [2.05, 4.69) is 42.3 Å². The molecule has 0 aromatic carbocycles. The number of fused-ring (bicyclic) bond motifs is 5. The lowest BCUT2D eigenvalue weighted by Gasteiger charge is -2.59. The maximum atomic E-state index is 12.1. The number of hydrogen-bond donors (Lipinski definition) is 2. The van der Waals surface area contributed by atoms with E-state index in [1.807, 2.05) is 18.2 Å². The van der Waals surface area contributed by atoms with E-state index in [9.17, 15) is 9.90 Å². The molecular formula is C28H39N3O3. The predicted molar refractivity (Wildman–Crippen MR) is 132 cm³/mol. The Hall–Kier alpha value is -2.21. The van der Waals surface area contributed by atoms with Crippen LogP contribution in [0.25, 0.3) is 0 Å². The van der Waals surface area contributed by atoms with Crippen molar-refractivity contribution in [2.24, 2.45) is 33.7 Å². The van der Waals surface area contributed by atoms with E-state index in [1.165, 1.54) is 24.8 Å². The number of aliphatic hydroxyl groups is 1. The molecule has 1 amide bonds. The number of aromatic nitrogens is 1. The van der Waals surface area contributed by atoms with Crippen LogP contribution in [-0.4, -0.2) is 33.9 Å². The van der Waals surface area contributed by atoms with Gasteiger partial charge in [-0.3, -0.25) is 9.78 Å². The summed E-state index contributed by atoms with van der Waals surface area (Å²) in [4.78, 5) is 21.7. The molecule has 6 atom stereocenters. The number of amides is 1. The van der Waals surface area contributed by atoms with Crippen molar-refractivity contribution in [3.05, 3.63) is 41.7 Å². The number of nitrogens with one attached hydrogen (secondary N) is 1. The highest BCUT2D eigenvalue weighted by Gasteiger charge is 2.62. The molecule has 0 radical (unpaired) electrons. The second-order valence-electron chi connectivity index (χ2n) is 11.7. The summed E-state index contributed by atoms with van der Waals surface area (Å²) in [7, 11) is 0. The van der Waals surface area contributed by atoms with E-state index in [-0.39, 0.29) is 23.3 Å². The van der Waals surface area contributed by atoms with Crippen LogP contribution in [0.4, 0.5) is 0 Å². The fraction of sp³-hybridized carbons (Fsp3) is 0.679. The lowest BCUT2D eigenvalue weighted by Crippen LogP contribution is -2.53. The van der Waals surface area contributed by atoms with Crippen LogP contribution in [0.1, 0.15) is 77.8 Å². The van der Waals surface area contributed by atoms with E-state index >= 15 is 0 Å². The largest absolute Gasteiger partial charge is 0.390 e. The highest BCUT2D eigenvalue weighted by Crippen LogP contribution is 2.67. The monoisotopic (exact) mass is 465 g/mol. The zero-order chi connectivity index (χ0) is 24.0. The molecule has 3 saturated carbocycles. The second-order valence-corrected chi connectivity index (χ2v) is 11.7. The molecule has 0 saturated heterocycles. The van der Waals surface area contributed by atoms with Gasteiger partial charge >= 0.3 is 0 Å². The molecule has 1 aromatic rings. The average molecular weight is 466 g/mol. The first kappa shape index (κ1) is 23.5. The molecule has 1 heterocycles. The number of hydrogen-bond acceptors (Lipinski definition) is 5. The van der Waals surface area contributed by atoms with Crippen molar-refractivity contribution in [1.29, 1.82) is 0 Å². The van der Waals surface area contributed by atoms with Crippen LogP contribution in [0.3, 0.4) is 0 Å². The highest BCUT2D eigenvalue weighted by atomic mass is 16.6.